The summed E-state index contributed by atoms with van der Waals surface area (Å²) >= 11 is 0. The normalized spacial score (nSPS) is 10.8. The molecule has 0 aliphatic carbocycles. The molecule has 0 atom stereocenters. The zero-order chi connectivity index (χ0) is 25.5. The lowest BCUT2D eigenvalue weighted by Crippen LogP contribution is -2.02. The van der Waals surface area contributed by atoms with Gasteiger partial charge < -0.3 is 23.7 Å². The third kappa shape index (κ3) is 5.51. The molecule has 36 heavy (non-hydrogen) atoms. The van der Waals surface area contributed by atoms with Gasteiger partial charge in [0, 0.05) is 6.07 Å². The summed E-state index contributed by atoms with van der Waals surface area (Å²) in [7, 11) is 8.29. The number of ether oxygens (including phenoxy) is 5. The number of methoxy groups -OCH3 is 5. The van der Waals surface area contributed by atoms with Crippen LogP contribution >= 0.6 is 0 Å². The second-order valence-electron chi connectivity index (χ2n) is 8.69. The van der Waals surface area contributed by atoms with Crippen molar-refractivity contribution < 1.29 is 23.7 Å². The Morgan fingerprint density at radius 1 is 0.444 bits per heavy atom. The van der Waals surface area contributed by atoms with E-state index >= 15 is 0 Å². The summed E-state index contributed by atoms with van der Waals surface area (Å²) in [5.41, 5.74) is 4.72. The molecule has 0 saturated carbocycles. The molecule has 0 amide bonds. The molecule has 0 spiro atoms. The standard InChI is InChI=1S/C31H34O5/c1-32-27-20-28(33-2)26(15-12-22-17-29(34-3)31(36-5)30(18-22)35-4)19-25(27)14-11-21-10-13-23-8-6-7-9-24(23)16-21/h6-10,13,16-20H,11-12,14-15H2,1-5H3. The predicted molar refractivity (Wildman–Crippen MR) is 144 cm³/mol. The third-order valence-corrected chi connectivity index (χ3v) is 6.59. The van der Waals surface area contributed by atoms with Gasteiger partial charge in [-0.25, -0.2) is 0 Å². The van der Waals surface area contributed by atoms with Gasteiger partial charge in [0.1, 0.15) is 11.5 Å². The van der Waals surface area contributed by atoms with Crippen molar-refractivity contribution in [3.8, 4) is 28.7 Å². The van der Waals surface area contributed by atoms with Gasteiger partial charge in [-0.15, -0.1) is 0 Å². The van der Waals surface area contributed by atoms with E-state index in [1.54, 1.807) is 35.5 Å². The van der Waals surface area contributed by atoms with Crippen molar-refractivity contribution in [3.05, 3.63) is 89.0 Å². The first-order chi connectivity index (χ1) is 17.6. The van der Waals surface area contributed by atoms with Crippen LogP contribution in [-0.4, -0.2) is 35.5 Å². The lowest BCUT2D eigenvalue weighted by molar-refractivity contribution is 0.324. The Morgan fingerprint density at radius 2 is 1.00 bits per heavy atom. The molecule has 4 aromatic carbocycles. The monoisotopic (exact) mass is 486 g/mol. The molecule has 4 rings (SSSR count). The van der Waals surface area contributed by atoms with Crippen molar-refractivity contribution in [2.45, 2.75) is 25.7 Å². The van der Waals surface area contributed by atoms with E-state index in [0.29, 0.717) is 17.2 Å². The average Bonchev–Trinajstić information content (AvgIpc) is 2.93. The molecule has 0 aromatic heterocycles. The van der Waals surface area contributed by atoms with Gasteiger partial charge in [-0.3, -0.25) is 0 Å². The van der Waals surface area contributed by atoms with Gasteiger partial charge in [0.2, 0.25) is 5.75 Å². The second kappa shape index (κ2) is 11.7. The minimum Gasteiger partial charge on any atom is -0.496 e. The third-order valence-electron chi connectivity index (χ3n) is 6.59. The highest BCUT2D eigenvalue weighted by molar-refractivity contribution is 5.83. The first kappa shape index (κ1) is 25.2. The van der Waals surface area contributed by atoms with E-state index < -0.39 is 0 Å². The maximum atomic E-state index is 5.72. The van der Waals surface area contributed by atoms with Gasteiger partial charge in [0.05, 0.1) is 35.5 Å². The molecule has 5 heteroatoms. The van der Waals surface area contributed by atoms with Crippen LogP contribution in [0.2, 0.25) is 0 Å². The van der Waals surface area contributed by atoms with E-state index in [4.69, 9.17) is 23.7 Å². The van der Waals surface area contributed by atoms with Crippen LogP contribution in [0, 0.1) is 0 Å². The second-order valence-corrected chi connectivity index (χ2v) is 8.69. The molecule has 5 nitrogen and oxygen atoms in total. The van der Waals surface area contributed by atoms with Crippen molar-refractivity contribution in [1.29, 1.82) is 0 Å². The fourth-order valence-corrected chi connectivity index (χ4v) is 4.66. The van der Waals surface area contributed by atoms with E-state index in [1.165, 1.54) is 21.9 Å². The first-order valence-corrected chi connectivity index (χ1v) is 12.1. The van der Waals surface area contributed by atoms with Crippen LogP contribution in [0.15, 0.2) is 66.7 Å². The topological polar surface area (TPSA) is 46.2 Å². The summed E-state index contributed by atoms with van der Waals surface area (Å²) in [5.74, 6) is 3.59. The van der Waals surface area contributed by atoms with Gasteiger partial charge in [-0.2, -0.15) is 0 Å². The summed E-state index contributed by atoms with van der Waals surface area (Å²) in [6, 6.07) is 23.4. The average molecular weight is 487 g/mol. The smallest absolute Gasteiger partial charge is 0.203 e. The summed E-state index contributed by atoms with van der Waals surface area (Å²) < 4.78 is 27.9. The summed E-state index contributed by atoms with van der Waals surface area (Å²) in [4.78, 5) is 0. The molecule has 0 unspecified atom stereocenters. The molecular formula is C31H34O5. The zero-order valence-corrected chi connectivity index (χ0v) is 21.7. The molecular weight excluding hydrogens is 452 g/mol. The van der Waals surface area contributed by atoms with Crippen LogP contribution in [0.3, 0.4) is 0 Å². The highest BCUT2D eigenvalue weighted by atomic mass is 16.5. The number of rotatable bonds is 11. The quantitative estimate of drug-likeness (QED) is 0.244. The van der Waals surface area contributed by atoms with Crippen molar-refractivity contribution in [3.63, 3.8) is 0 Å². The Bertz CT molecular complexity index is 1300. The number of fused-ring (bicyclic) bond motifs is 1. The van der Waals surface area contributed by atoms with E-state index in [2.05, 4.69) is 48.5 Å². The lowest BCUT2D eigenvalue weighted by atomic mass is 9.96. The van der Waals surface area contributed by atoms with Gasteiger partial charge in [0.25, 0.3) is 0 Å². The molecule has 0 aliphatic heterocycles. The maximum Gasteiger partial charge on any atom is 0.203 e. The Balaban J connectivity index is 1.56. The van der Waals surface area contributed by atoms with Crippen LogP contribution in [0.4, 0.5) is 0 Å². The van der Waals surface area contributed by atoms with E-state index in [0.717, 1.165) is 48.3 Å². The predicted octanol–water partition coefficient (Wildman–Crippen LogP) is 6.45. The molecule has 0 radical (unpaired) electrons. The van der Waals surface area contributed by atoms with Crippen molar-refractivity contribution in [2.24, 2.45) is 0 Å². The van der Waals surface area contributed by atoms with Gasteiger partial charge in [-0.05, 0) is 76.9 Å². The van der Waals surface area contributed by atoms with Gasteiger partial charge >= 0.3 is 0 Å². The van der Waals surface area contributed by atoms with E-state index in [9.17, 15) is 0 Å². The molecule has 0 bridgehead atoms. The number of hydrogen-bond acceptors (Lipinski definition) is 5. The Labute approximate surface area is 213 Å². The van der Waals surface area contributed by atoms with Crippen LogP contribution in [0.25, 0.3) is 10.8 Å². The van der Waals surface area contributed by atoms with E-state index in [1.807, 2.05) is 18.2 Å². The lowest BCUT2D eigenvalue weighted by Gasteiger charge is -2.17. The van der Waals surface area contributed by atoms with Crippen molar-refractivity contribution in [2.75, 3.05) is 35.5 Å². The molecule has 0 aliphatic rings. The summed E-state index contributed by atoms with van der Waals surface area (Å²) in [6.07, 6.45) is 3.40. The number of benzene rings is 4. The maximum absolute atomic E-state index is 5.72. The first-order valence-electron chi connectivity index (χ1n) is 12.1. The molecule has 0 saturated heterocycles. The van der Waals surface area contributed by atoms with Gasteiger partial charge in [-0.1, -0.05) is 42.5 Å². The summed E-state index contributed by atoms with van der Waals surface area (Å²) in [5, 5.41) is 2.53. The van der Waals surface area contributed by atoms with Crippen LogP contribution in [-0.2, 0) is 25.7 Å². The highest BCUT2D eigenvalue weighted by Gasteiger charge is 2.15. The van der Waals surface area contributed by atoms with Crippen LogP contribution < -0.4 is 23.7 Å². The number of aryl methyl sites for hydroxylation is 4. The Hall–Kier alpha value is -3.86. The molecule has 0 N–H and O–H groups in total. The SMILES string of the molecule is COc1cc(OC)c(CCc2ccc3ccccc3c2)cc1CCc1cc(OC)c(OC)c(OC)c1. The minimum absolute atomic E-state index is 0.599. The fourth-order valence-electron chi connectivity index (χ4n) is 4.66. The van der Waals surface area contributed by atoms with Crippen molar-refractivity contribution in [1.82, 2.24) is 0 Å². The minimum atomic E-state index is 0.599. The fraction of sp³-hybridized carbons (Fsp3) is 0.290. The Kier molecular flexibility index (Phi) is 8.21. The van der Waals surface area contributed by atoms with Crippen molar-refractivity contribution >= 4 is 10.8 Å². The molecule has 4 aromatic rings. The largest absolute Gasteiger partial charge is 0.496 e. The van der Waals surface area contributed by atoms with Crippen LogP contribution in [0.5, 0.6) is 28.7 Å². The van der Waals surface area contributed by atoms with E-state index in [-0.39, 0.29) is 0 Å². The van der Waals surface area contributed by atoms with Crippen LogP contribution in [0.1, 0.15) is 22.3 Å². The molecule has 0 fully saturated rings. The van der Waals surface area contributed by atoms with Gasteiger partial charge in [0.15, 0.2) is 11.5 Å². The molecule has 188 valence electrons. The highest BCUT2D eigenvalue weighted by Crippen LogP contribution is 2.39. The number of hydrogen-bond donors (Lipinski definition) is 0. The molecule has 0 heterocycles. The Morgan fingerprint density at radius 3 is 1.56 bits per heavy atom. The summed E-state index contributed by atoms with van der Waals surface area (Å²) in [6.45, 7) is 0. The zero-order valence-electron chi connectivity index (χ0n) is 21.7.